The molecular formula is C25H21N3O5S. The Bertz CT molecular complexity index is 1310. The van der Waals surface area contributed by atoms with Crippen molar-refractivity contribution < 1.29 is 23.5 Å². The van der Waals surface area contributed by atoms with Gasteiger partial charge in [0.25, 0.3) is 11.8 Å². The van der Waals surface area contributed by atoms with Crippen LogP contribution in [0.4, 0.5) is 0 Å². The van der Waals surface area contributed by atoms with Gasteiger partial charge in [-0.3, -0.25) is 9.59 Å². The highest BCUT2D eigenvalue weighted by Crippen LogP contribution is 2.32. The molecule has 1 saturated heterocycles. The Hall–Kier alpha value is -3.98. The number of furan rings is 1. The predicted octanol–water partition coefficient (Wildman–Crippen LogP) is 3.70. The van der Waals surface area contributed by atoms with Gasteiger partial charge >= 0.3 is 5.97 Å². The maximum Gasteiger partial charge on any atom is 0.339 e. The van der Waals surface area contributed by atoms with E-state index in [0.29, 0.717) is 37.3 Å². The number of fused-ring (bicyclic) bond motifs is 1. The van der Waals surface area contributed by atoms with Crippen LogP contribution in [0.1, 0.15) is 20.9 Å². The molecule has 0 saturated carbocycles. The van der Waals surface area contributed by atoms with Crippen LogP contribution >= 0.6 is 11.3 Å². The maximum absolute atomic E-state index is 12.8. The second-order valence-electron chi connectivity index (χ2n) is 7.76. The minimum atomic E-state index is -0.574. The van der Waals surface area contributed by atoms with Gasteiger partial charge in [0.2, 0.25) is 0 Å². The zero-order valence-corrected chi connectivity index (χ0v) is 19.0. The van der Waals surface area contributed by atoms with Crippen molar-refractivity contribution >= 4 is 39.3 Å². The number of aromatic nitrogens is 1. The number of benzene rings is 2. The summed E-state index contributed by atoms with van der Waals surface area (Å²) in [5.74, 6) is -0.791. The van der Waals surface area contributed by atoms with Crippen LogP contribution < -0.4 is 0 Å². The number of ether oxygens (including phenoxy) is 1. The van der Waals surface area contributed by atoms with E-state index in [9.17, 15) is 14.4 Å². The Morgan fingerprint density at radius 3 is 2.41 bits per heavy atom. The second kappa shape index (κ2) is 9.48. The molecule has 34 heavy (non-hydrogen) atoms. The Morgan fingerprint density at radius 1 is 0.912 bits per heavy atom. The average Bonchev–Trinajstić information content (AvgIpc) is 3.57. The molecule has 2 aromatic carbocycles. The standard InChI is InChI=1S/C25H21N3O5S/c29-22(27-11-13-28(14-12-27)24(30)20-9-5-15-32-20)16-33-25(31)18-7-2-1-6-17(18)23-26-19-8-3-4-10-21(19)34-23/h1-10,15H,11-14,16H2. The number of hydrogen-bond acceptors (Lipinski definition) is 7. The number of amides is 2. The van der Waals surface area contributed by atoms with Crippen molar-refractivity contribution in [3.05, 3.63) is 78.3 Å². The van der Waals surface area contributed by atoms with Crippen LogP contribution in [0.15, 0.2) is 71.3 Å². The third-order valence-corrected chi connectivity index (χ3v) is 6.72. The minimum Gasteiger partial charge on any atom is -0.459 e. The van der Waals surface area contributed by atoms with Crippen molar-refractivity contribution in [2.45, 2.75) is 0 Å². The zero-order chi connectivity index (χ0) is 23.5. The lowest BCUT2D eigenvalue weighted by Crippen LogP contribution is -2.51. The van der Waals surface area contributed by atoms with Crippen LogP contribution in [0, 0.1) is 0 Å². The molecule has 0 radical (unpaired) electrons. The monoisotopic (exact) mass is 475 g/mol. The Balaban J connectivity index is 1.20. The molecule has 0 atom stereocenters. The van der Waals surface area contributed by atoms with Gasteiger partial charge in [0.1, 0.15) is 5.01 Å². The summed E-state index contributed by atoms with van der Waals surface area (Å²) in [4.78, 5) is 45.7. The van der Waals surface area contributed by atoms with Crippen LogP contribution in [0.3, 0.4) is 0 Å². The highest BCUT2D eigenvalue weighted by molar-refractivity contribution is 7.21. The van der Waals surface area contributed by atoms with Gasteiger partial charge in [0.05, 0.1) is 22.0 Å². The van der Waals surface area contributed by atoms with Crippen molar-refractivity contribution in [3.63, 3.8) is 0 Å². The van der Waals surface area contributed by atoms with Crippen molar-refractivity contribution in [1.29, 1.82) is 0 Å². The molecule has 1 aliphatic heterocycles. The van der Waals surface area contributed by atoms with E-state index < -0.39 is 5.97 Å². The number of nitrogens with zero attached hydrogens (tertiary/aromatic N) is 3. The predicted molar refractivity (Wildman–Crippen MR) is 127 cm³/mol. The second-order valence-corrected chi connectivity index (χ2v) is 8.79. The summed E-state index contributed by atoms with van der Waals surface area (Å²) >= 11 is 1.50. The van der Waals surface area contributed by atoms with Crippen LogP contribution in [0.5, 0.6) is 0 Å². The van der Waals surface area contributed by atoms with Crippen molar-refractivity contribution in [1.82, 2.24) is 14.8 Å². The number of piperazine rings is 1. The Labute approximate surface area is 199 Å². The average molecular weight is 476 g/mol. The third kappa shape index (κ3) is 4.42. The number of thiazole rings is 1. The fraction of sp³-hybridized carbons (Fsp3) is 0.200. The molecular weight excluding hydrogens is 454 g/mol. The van der Waals surface area contributed by atoms with Gasteiger partial charge in [-0.2, -0.15) is 0 Å². The van der Waals surface area contributed by atoms with E-state index in [-0.39, 0.29) is 24.2 Å². The van der Waals surface area contributed by atoms with Crippen molar-refractivity contribution in [2.24, 2.45) is 0 Å². The SMILES string of the molecule is O=C(OCC(=O)N1CCN(C(=O)c2ccco2)CC1)c1ccccc1-c1nc2ccccc2s1. The molecule has 4 aromatic rings. The summed E-state index contributed by atoms with van der Waals surface area (Å²) in [7, 11) is 0. The number of para-hydroxylation sites is 1. The first-order valence-electron chi connectivity index (χ1n) is 10.8. The lowest BCUT2D eigenvalue weighted by atomic mass is 10.1. The van der Waals surface area contributed by atoms with Gasteiger partial charge in [-0.1, -0.05) is 30.3 Å². The molecule has 0 spiro atoms. The molecule has 0 N–H and O–H groups in total. The molecule has 9 heteroatoms. The highest BCUT2D eigenvalue weighted by Gasteiger charge is 2.27. The smallest absolute Gasteiger partial charge is 0.339 e. The van der Waals surface area contributed by atoms with Gasteiger partial charge in [0, 0.05) is 31.7 Å². The molecule has 3 heterocycles. The topological polar surface area (TPSA) is 93.0 Å². The van der Waals surface area contributed by atoms with Crippen LogP contribution in [-0.4, -0.2) is 65.4 Å². The van der Waals surface area contributed by atoms with E-state index >= 15 is 0 Å². The lowest BCUT2D eigenvalue weighted by Gasteiger charge is -2.34. The number of esters is 1. The Kier molecular flexibility index (Phi) is 6.09. The molecule has 172 valence electrons. The van der Waals surface area contributed by atoms with Gasteiger partial charge in [-0.15, -0.1) is 11.3 Å². The summed E-state index contributed by atoms with van der Waals surface area (Å²) in [6, 6.07) is 18.2. The number of carbonyl (C=O) groups is 3. The van der Waals surface area contributed by atoms with E-state index in [1.165, 1.54) is 17.6 Å². The number of carbonyl (C=O) groups excluding carboxylic acids is 3. The first-order chi connectivity index (χ1) is 16.6. The maximum atomic E-state index is 12.8. The van der Waals surface area contributed by atoms with E-state index in [1.54, 1.807) is 34.1 Å². The van der Waals surface area contributed by atoms with E-state index in [2.05, 4.69) is 4.98 Å². The van der Waals surface area contributed by atoms with Gasteiger partial charge < -0.3 is 19.0 Å². The molecule has 1 aliphatic rings. The first kappa shape index (κ1) is 21.8. The molecule has 0 unspecified atom stereocenters. The van der Waals surface area contributed by atoms with E-state index in [1.807, 2.05) is 36.4 Å². The molecule has 5 rings (SSSR count). The quantitative estimate of drug-likeness (QED) is 0.409. The molecule has 0 bridgehead atoms. The zero-order valence-electron chi connectivity index (χ0n) is 18.2. The van der Waals surface area contributed by atoms with Crippen LogP contribution in [0.25, 0.3) is 20.8 Å². The summed E-state index contributed by atoms with van der Waals surface area (Å²) in [6.07, 6.45) is 1.45. The third-order valence-electron chi connectivity index (χ3n) is 5.65. The van der Waals surface area contributed by atoms with E-state index in [4.69, 9.17) is 9.15 Å². The van der Waals surface area contributed by atoms with Crippen molar-refractivity contribution in [2.75, 3.05) is 32.8 Å². The Morgan fingerprint density at radius 2 is 1.65 bits per heavy atom. The highest BCUT2D eigenvalue weighted by atomic mass is 32.1. The fourth-order valence-electron chi connectivity index (χ4n) is 3.85. The van der Waals surface area contributed by atoms with Gasteiger partial charge in [-0.05, 0) is 30.3 Å². The normalized spacial score (nSPS) is 13.8. The summed E-state index contributed by atoms with van der Waals surface area (Å²) in [6.45, 7) is 1.15. The van der Waals surface area contributed by atoms with Crippen LogP contribution in [-0.2, 0) is 9.53 Å². The summed E-state index contributed by atoms with van der Waals surface area (Å²) < 4.78 is 11.5. The summed E-state index contributed by atoms with van der Waals surface area (Å²) in [5, 5.41) is 0.720. The van der Waals surface area contributed by atoms with Gasteiger partial charge in [-0.25, -0.2) is 9.78 Å². The summed E-state index contributed by atoms with van der Waals surface area (Å²) in [5.41, 5.74) is 1.90. The minimum absolute atomic E-state index is 0.199. The van der Waals surface area contributed by atoms with E-state index in [0.717, 1.165) is 15.2 Å². The number of hydrogen-bond donors (Lipinski definition) is 0. The molecule has 8 nitrogen and oxygen atoms in total. The van der Waals surface area contributed by atoms with Gasteiger partial charge in [0.15, 0.2) is 12.4 Å². The first-order valence-corrected chi connectivity index (χ1v) is 11.6. The fourth-order valence-corrected chi connectivity index (χ4v) is 4.85. The molecule has 1 fully saturated rings. The largest absolute Gasteiger partial charge is 0.459 e. The van der Waals surface area contributed by atoms with Crippen LogP contribution in [0.2, 0.25) is 0 Å². The molecule has 2 aromatic heterocycles. The van der Waals surface area contributed by atoms with Crippen molar-refractivity contribution in [3.8, 4) is 10.6 Å². The molecule has 2 amide bonds. The lowest BCUT2D eigenvalue weighted by molar-refractivity contribution is -0.136. The number of rotatable bonds is 5. The molecule has 0 aliphatic carbocycles.